The predicted octanol–water partition coefficient (Wildman–Crippen LogP) is 4.02. The van der Waals surface area contributed by atoms with Gasteiger partial charge in [-0.15, -0.1) is 13.2 Å². The minimum atomic E-state index is 0.658. The minimum absolute atomic E-state index is 0.658. The van der Waals surface area contributed by atoms with Crippen LogP contribution in [0.3, 0.4) is 0 Å². The summed E-state index contributed by atoms with van der Waals surface area (Å²) < 4.78 is 0. The largest absolute Gasteiger partial charge is 0.106 e. The predicted molar refractivity (Wildman–Crippen MR) is 52.7 cm³/mol. The molecule has 0 aliphatic heterocycles. The normalized spacial score (nSPS) is 24.4. The fraction of sp³-hybridized carbons (Fsp3) is 0.818. The second-order valence-corrected chi connectivity index (χ2v) is 4.68. The molecule has 0 unspecified atom stereocenters. The van der Waals surface area contributed by atoms with Crippen molar-refractivity contribution in [2.24, 2.45) is 10.8 Å². The Bertz CT molecular complexity index is 114. The lowest BCUT2D eigenvalue weighted by molar-refractivity contribution is 0.000283. The van der Waals surface area contributed by atoms with E-state index >= 15 is 0 Å². The van der Waals surface area contributed by atoms with Crippen molar-refractivity contribution in [1.29, 1.82) is 0 Å². The second kappa shape index (κ2) is 3.42. The van der Waals surface area contributed by atoms with E-state index in [1.165, 1.54) is 19.3 Å². The third-order valence-corrected chi connectivity index (χ3v) is 2.66. The van der Waals surface area contributed by atoms with Crippen LogP contribution in [0.2, 0.25) is 0 Å². The molecule has 66 valence electrons. The van der Waals surface area contributed by atoms with Gasteiger partial charge in [-0.3, -0.25) is 0 Å². The summed E-state index contributed by atoms with van der Waals surface area (Å²) in [6, 6.07) is 0. The van der Waals surface area contributed by atoms with Crippen LogP contribution in [0.15, 0.2) is 13.2 Å². The highest BCUT2D eigenvalue weighted by Crippen LogP contribution is 2.55. The first kappa shape index (κ1) is 10.7. The summed E-state index contributed by atoms with van der Waals surface area (Å²) in [6.45, 7) is 15.4. The fourth-order valence-electron chi connectivity index (χ4n) is 2.51. The average Bonchev–Trinajstić information content (AvgIpc) is 1.88. The molecule has 0 heteroatoms. The summed E-state index contributed by atoms with van der Waals surface area (Å²) >= 11 is 0. The summed E-state index contributed by atoms with van der Waals surface area (Å²) in [5.74, 6) is 0. The molecular weight excluding hydrogens is 132 g/mol. The van der Waals surface area contributed by atoms with Crippen molar-refractivity contribution in [1.82, 2.24) is 0 Å². The van der Waals surface area contributed by atoms with Gasteiger partial charge in [-0.1, -0.05) is 34.1 Å². The summed E-state index contributed by atoms with van der Waals surface area (Å²) in [7, 11) is 0. The van der Waals surface area contributed by atoms with E-state index in [-0.39, 0.29) is 0 Å². The molecule has 0 nitrogen and oxygen atoms in total. The fourth-order valence-corrected chi connectivity index (χ4v) is 2.51. The van der Waals surface area contributed by atoms with Crippen molar-refractivity contribution in [3.63, 3.8) is 0 Å². The van der Waals surface area contributed by atoms with E-state index < -0.39 is 0 Å². The zero-order valence-electron chi connectivity index (χ0n) is 8.54. The van der Waals surface area contributed by atoms with Gasteiger partial charge < -0.3 is 0 Å². The summed E-state index contributed by atoms with van der Waals surface area (Å²) in [5.41, 5.74) is 1.36. The Morgan fingerprint density at radius 2 is 1.45 bits per heavy atom. The van der Waals surface area contributed by atoms with Gasteiger partial charge in [0.05, 0.1) is 0 Å². The van der Waals surface area contributed by atoms with Crippen LogP contribution in [0.4, 0.5) is 0 Å². The quantitative estimate of drug-likeness (QED) is 0.500. The van der Waals surface area contributed by atoms with E-state index in [9.17, 15) is 0 Å². The topological polar surface area (TPSA) is 0 Å². The van der Waals surface area contributed by atoms with Crippen LogP contribution in [0.5, 0.6) is 0 Å². The lowest BCUT2D eigenvalue weighted by atomic mass is 9.54. The second-order valence-electron chi connectivity index (χ2n) is 4.68. The molecule has 0 amide bonds. The lowest BCUT2D eigenvalue weighted by Gasteiger charge is -2.51. The molecule has 0 radical (unpaired) electrons. The Kier molecular flexibility index (Phi) is 3.34. The van der Waals surface area contributed by atoms with E-state index in [0.717, 1.165) is 0 Å². The molecule has 0 heterocycles. The first-order valence-corrected chi connectivity index (χ1v) is 4.47. The van der Waals surface area contributed by atoms with Gasteiger partial charge in [0.15, 0.2) is 0 Å². The number of hydrogen-bond acceptors (Lipinski definition) is 0. The van der Waals surface area contributed by atoms with Gasteiger partial charge in [-0.25, -0.2) is 0 Å². The van der Waals surface area contributed by atoms with Gasteiger partial charge in [0.1, 0.15) is 0 Å². The van der Waals surface area contributed by atoms with Gasteiger partial charge in [-0.05, 0) is 23.7 Å². The molecule has 0 aromatic heterocycles. The molecule has 1 saturated carbocycles. The van der Waals surface area contributed by atoms with Crippen LogP contribution in [0.25, 0.3) is 0 Å². The summed E-state index contributed by atoms with van der Waals surface area (Å²) in [4.78, 5) is 0. The average molecular weight is 154 g/mol. The Balaban J connectivity index is 0.000000461. The minimum Gasteiger partial charge on any atom is -0.106 e. The highest BCUT2D eigenvalue weighted by Gasteiger charge is 2.43. The maximum atomic E-state index is 3.00. The zero-order valence-corrected chi connectivity index (χ0v) is 8.54. The molecular formula is C11H22. The molecule has 1 rings (SSSR count). The van der Waals surface area contributed by atoms with E-state index in [1.54, 1.807) is 0 Å². The molecule has 0 bridgehead atoms. The van der Waals surface area contributed by atoms with E-state index in [0.29, 0.717) is 10.8 Å². The van der Waals surface area contributed by atoms with Gasteiger partial charge in [-0.2, -0.15) is 0 Å². The molecule has 1 fully saturated rings. The van der Waals surface area contributed by atoms with E-state index in [2.05, 4.69) is 40.9 Å². The van der Waals surface area contributed by atoms with Crippen LogP contribution in [0.1, 0.15) is 47.0 Å². The molecule has 1 aliphatic rings. The Morgan fingerprint density at radius 1 is 1.09 bits per heavy atom. The monoisotopic (exact) mass is 154 g/mol. The molecule has 0 atom stereocenters. The van der Waals surface area contributed by atoms with Crippen molar-refractivity contribution in [3.05, 3.63) is 13.2 Å². The van der Waals surface area contributed by atoms with E-state index in [4.69, 9.17) is 0 Å². The molecule has 0 aromatic carbocycles. The molecule has 1 aliphatic carbocycles. The molecule has 0 N–H and O–H groups in total. The van der Waals surface area contributed by atoms with Gasteiger partial charge in [0.2, 0.25) is 0 Å². The van der Waals surface area contributed by atoms with Gasteiger partial charge in [0.25, 0.3) is 0 Å². The summed E-state index contributed by atoms with van der Waals surface area (Å²) in [6.07, 6.45) is 4.21. The molecule has 11 heavy (non-hydrogen) atoms. The Labute approximate surface area is 71.7 Å². The first-order chi connectivity index (χ1) is 4.97. The lowest BCUT2D eigenvalue weighted by Crippen LogP contribution is -2.40. The van der Waals surface area contributed by atoms with Gasteiger partial charge in [0, 0.05) is 0 Å². The highest BCUT2D eigenvalue weighted by atomic mass is 14.5. The first-order valence-electron chi connectivity index (χ1n) is 4.47. The van der Waals surface area contributed by atoms with Crippen LogP contribution in [-0.4, -0.2) is 0 Å². The van der Waals surface area contributed by atoms with Crippen LogP contribution >= 0.6 is 0 Å². The Morgan fingerprint density at radius 3 is 1.55 bits per heavy atom. The van der Waals surface area contributed by atoms with Crippen molar-refractivity contribution < 1.29 is 0 Å². The highest BCUT2D eigenvalue weighted by molar-refractivity contribution is 4.94. The van der Waals surface area contributed by atoms with Crippen LogP contribution in [-0.2, 0) is 0 Å². The molecule has 0 saturated heterocycles. The maximum absolute atomic E-state index is 3.00. The van der Waals surface area contributed by atoms with Crippen LogP contribution in [0, 0.1) is 10.8 Å². The zero-order chi connectivity index (χ0) is 9.12. The van der Waals surface area contributed by atoms with Crippen molar-refractivity contribution >= 4 is 0 Å². The van der Waals surface area contributed by atoms with Crippen molar-refractivity contribution in [2.75, 3.05) is 0 Å². The summed E-state index contributed by atoms with van der Waals surface area (Å²) in [5, 5.41) is 0. The maximum Gasteiger partial charge on any atom is -0.0318 e. The van der Waals surface area contributed by atoms with Gasteiger partial charge >= 0.3 is 0 Å². The number of rotatable bonds is 1. The smallest absolute Gasteiger partial charge is 0.0318 e. The molecule has 0 spiro atoms. The third-order valence-electron chi connectivity index (χ3n) is 2.66. The van der Waals surface area contributed by atoms with Crippen LogP contribution < -0.4 is 0 Å². The standard InChI is InChI=1S/C9H18.C2H4/c1-5-9(4)6-8(2,3)7-9;1-2/h5-7H2,1-4H3;1-2H2. The van der Waals surface area contributed by atoms with E-state index in [1.807, 2.05) is 0 Å². The molecule has 0 aromatic rings. The van der Waals surface area contributed by atoms with Crippen molar-refractivity contribution in [3.8, 4) is 0 Å². The van der Waals surface area contributed by atoms with Crippen molar-refractivity contribution in [2.45, 2.75) is 47.0 Å². The number of hydrogen-bond donors (Lipinski definition) is 0. The Hall–Kier alpha value is -0.260. The SMILES string of the molecule is C=C.CCC1(C)CC(C)(C)C1. The third kappa shape index (κ3) is 2.69.